The van der Waals surface area contributed by atoms with Gasteiger partial charge in [-0.1, -0.05) is 38.6 Å². The number of alkyl halides is 3. The number of halogens is 3. The van der Waals surface area contributed by atoms with Crippen LogP contribution in [0.4, 0.5) is 18.9 Å². The molecule has 0 heterocycles. The lowest BCUT2D eigenvalue weighted by atomic mass is 9.91. The molecule has 0 aliphatic carbocycles. The monoisotopic (exact) mass is 365 g/mol. The van der Waals surface area contributed by atoms with Crippen LogP contribution < -0.4 is 0 Å². The summed E-state index contributed by atoms with van der Waals surface area (Å²) >= 11 is 0. The Morgan fingerprint density at radius 3 is 2.19 bits per heavy atom. The van der Waals surface area contributed by atoms with Gasteiger partial charge in [0.1, 0.15) is 5.75 Å². The Bertz CT molecular complexity index is 783. The maximum absolute atomic E-state index is 12.7. The maximum atomic E-state index is 12.7. The fourth-order valence-corrected chi connectivity index (χ4v) is 2.59. The SMILES string of the molecule is C=Cc1c(N=C)ccc(-c2ccc(C(F)(F)F)cc2O)c1CCO.CC. The molecule has 6 heteroatoms. The molecule has 0 spiro atoms. The number of nitrogens with zero attached hydrogens (tertiary/aromatic N) is 1. The van der Waals surface area contributed by atoms with Crippen molar-refractivity contribution in [3.63, 3.8) is 0 Å². The van der Waals surface area contributed by atoms with Gasteiger partial charge >= 0.3 is 6.18 Å². The normalized spacial score (nSPS) is 10.7. The van der Waals surface area contributed by atoms with Gasteiger partial charge in [0.2, 0.25) is 0 Å². The van der Waals surface area contributed by atoms with E-state index in [0.29, 0.717) is 28.4 Å². The quantitative estimate of drug-likeness (QED) is 0.676. The summed E-state index contributed by atoms with van der Waals surface area (Å²) in [6.45, 7) is 11.0. The molecule has 0 bridgehead atoms. The number of rotatable bonds is 5. The van der Waals surface area contributed by atoms with Crippen LogP contribution >= 0.6 is 0 Å². The molecule has 0 aliphatic rings. The summed E-state index contributed by atoms with van der Waals surface area (Å²) in [5, 5.41) is 19.4. The Kier molecular flexibility index (Phi) is 7.58. The number of phenolic OH excluding ortho intramolecular Hbond substituents is 1. The van der Waals surface area contributed by atoms with Gasteiger partial charge in [-0.05, 0) is 42.5 Å². The van der Waals surface area contributed by atoms with Crippen LogP contribution in [-0.2, 0) is 12.6 Å². The summed E-state index contributed by atoms with van der Waals surface area (Å²) in [6.07, 6.45) is -2.76. The number of hydrogen-bond acceptors (Lipinski definition) is 3. The van der Waals surface area contributed by atoms with E-state index in [4.69, 9.17) is 0 Å². The van der Waals surface area contributed by atoms with Crippen molar-refractivity contribution >= 4 is 18.5 Å². The largest absolute Gasteiger partial charge is 0.507 e. The molecule has 140 valence electrons. The van der Waals surface area contributed by atoms with Gasteiger partial charge in [0.15, 0.2) is 0 Å². The van der Waals surface area contributed by atoms with Crippen molar-refractivity contribution in [3.05, 3.63) is 53.6 Å². The van der Waals surface area contributed by atoms with Crippen LogP contribution in [0.3, 0.4) is 0 Å². The predicted molar refractivity (Wildman–Crippen MR) is 100.0 cm³/mol. The highest BCUT2D eigenvalue weighted by atomic mass is 19.4. The summed E-state index contributed by atoms with van der Waals surface area (Å²) in [5.41, 5.74) is 1.62. The van der Waals surface area contributed by atoms with Crippen LogP contribution in [0.15, 0.2) is 41.9 Å². The summed E-state index contributed by atoms with van der Waals surface area (Å²) < 4.78 is 38.2. The molecule has 0 unspecified atom stereocenters. The molecule has 0 saturated carbocycles. The fraction of sp³-hybridized carbons (Fsp3) is 0.250. The van der Waals surface area contributed by atoms with E-state index in [0.717, 1.165) is 6.07 Å². The average molecular weight is 365 g/mol. The predicted octanol–water partition coefficient (Wildman–Crippen LogP) is 5.61. The first-order chi connectivity index (χ1) is 12.3. The first-order valence-corrected chi connectivity index (χ1v) is 8.10. The zero-order valence-corrected chi connectivity index (χ0v) is 14.8. The molecule has 0 saturated heterocycles. The Morgan fingerprint density at radius 2 is 1.73 bits per heavy atom. The van der Waals surface area contributed by atoms with E-state index in [-0.39, 0.29) is 18.6 Å². The Morgan fingerprint density at radius 1 is 1.12 bits per heavy atom. The van der Waals surface area contributed by atoms with Gasteiger partial charge < -0.3 is 10.2 Å². The first-order valence-electron chi connectivity index (χ1n) is 8.10. The molecule has 0 radical (unpaired) electrons. The Labute approximate surface area is 151 Å². The van der Waals surface area contributed by atoms with Gasteiger partial charge in [0.25, 0.3) is 0 Å². The van der Waals surface area contributed by atoms with Crippen LogP contribution in [0.5, 0.6) is 5.75 Å². The number of aliphatic imine (C=N–C) groups is 1. The van der Waals surface area contributed by atoms with Crippen LogP contribution in [0.25, 0.3) is 17.2 Å². The van der Waals surface area contributed by atoms with Crippen LogP contribution in [0.1, 0.15) is 30.5 Å². The Balaban J connectivity index is 0.00000163. The number of aliphatic hydroxyl groups excluding tert-OH is 1. The summed E-state index contributed by atoms with van der Waals surface area (Å²) in [6, 6.07) is 6.07. The van der Waals surface area contributed by atoms with E-state index in [9.17, 15) is 23.4 Å². The molecule has 0 atom stereocenters. The molecule has 0 aromatic heterocycles. The van der Waals surface area contributed by atoms with Gasteiger partial charge in [0.05, 0.1) is 11.3 Å². The van der Waals surface area contributed by atoms with E-state index in [1.807, 2.05) is 13.8 Å². The van der Waals surface area contributed by atoms with Gasteiger partial charge in [-0.2, -0.15) is 13.2 Å². The van der Waals surface area contributed by atoms with E-state index < -0.39 is 17.5 Å². The lowest BCUT2D eigenvalue weighted by Gasteiger charge is -2.16. The number of hydrogen-bond donors (Lipinski definition) is 2. The molecular formula is C20H22F3NO2. The molecule has 2 rings (SSSR count). The lowest BCUT2D eigenvalue weighted by Crippen LogP contribution is -2.05. The van der Waals surface area contributed by atoms with E-state index in [1.165, 1.54) is 6.07 Å². The average Bonchev–Trinajstić information content (AvgIpc) is 2.62. The van der Waals surface area contributed by atoms with E-state index >= 15 is 0 Å². The third-order valence-corrected chi connectivity index (χ3v) is 3.69. The van der Waals surface area contributed by atoms with E-state index in [2.05, 4.69) is 18.3 Å². The second-order valence-electron chi connectivity index (χ2n) is 5.09. The van der Waals surface area contributed by atoms with Crippen LogP contribution in [0, 0.1) is 0 Å². The van der Waals surface area contributed by atoms with Gasteiger partial charge in [-0.25, -0.2) is 0 Å². The number of phenols is 1. The van der Waals surface area contributed by atoms with Crippen molar-refractivity contribution in [1.29, 1.82) is 0 Å². The summed E-state index contributed by atoms with van der Waals surface area (Å²) in [4.78, 5) is 3.87. The van der Waals surface area contributed by atoms with Crippen molar-refractivity contribution in [1.82, 2.24) is 0 Å². The molecule has 2 aromatic carbocycles. The zero-order valence-electron chi connectivity index (χ0n) is 14.8. The number of aliphatic hydroxyl groups is 1. The van der Waals surface area contributed by atoms with Crippen molar-refractivity contribution < 1.29 is 23.4 Å². The highest BCUT2D eigenvalue weighted by Gasteiger charge is 2.31. The van der Waals surface area contributed by atoms with E-state index in [1.54, 1.807) is 18.2 Å². The van der Waals surface area contributed by atoms with Crippen molar-refractivity contribution in [3.8, 4) is 16.9 Å². The molecule has 26 heavy (non-hydrogen) atoms. The van der Waals surface area contributed by atoms with Crippen LogP contribution in [-0.4, -0.2) is 23.5 Å². The molecular weight excluding hydrogens is 343 g/mol. The minimum absolute atomic E-state index is 0.171. The first kappa shape index (κ1) is 21.4. The molecule has 0 aliphatic heterocycles. The van der Waals surface area contributed by atoms with Crippen molar-refractivity contribution in [2.24, 2.45) is 4.99 Å². The second-order valence-corrected chi connectivity index (χ2v) is 5.09. The smallest absolute Gasteiger partial charge is 0.416 e. The highest BCUT2D eigenvalue weighted by Crippen LogP contribution is 2.40. The van der Waals surface area contributed by atoms with Crippen molar-refractivity contribution in [2.45, 2.75) is 26.4 Å². The Hall–Kier alpha value is -2.60. The molecule has 2 N–H and O–H groups in total. The number of aromatic hydroxyl groups is 1. The standard InChI is InChI=1S/C18H16F3NO2.C2H6/c1-3-12-14(8-9-23)13(6-7-16(12)22-2)15-5-4-11(10-17(15)24)18(19,20)21;1-2/h3-7,10,23-24H,1-2,8-9H2;1-2H3. The highest BCUT2D eigenvalue weighted by molar-refractivity contribution is 5.81. The van der Waals surface area contributed by atoms with Gasteiger partial charge in [-0.3, -0.25) is 4.99 Å². The minimum atomic E-state index is -4.53. The molecule has 0 fully saturated rings. The summed E-state index contributed by atoms with van der Waals surface area (Å²) in [7, 11) is 0. The molecule has 2 aromatic rings. The van der Waals surface area contributed by atoms with Crippen molar-refractivity contribution in [2.75, 3.05) is 6.61 Å². The second kappa shape index (κ2) is 9.20. The fourth-order valence-electron chi connectivity index (χ4n) is 2.59. The minimum Gasteiger partial charge on any atom is -0.507 e. The topological polar surface area (TPSA) is 52.8 Å². The van der Waals surface area contributed by atoms with Crippen LogP contribution in [0.2, 0.25) is 0 Å². The molecule has 0 amide bonds. The summed E-state index contributed by atoms with van der Waals surface area (Å²) in [5.74, 6) is -0.488. The zero-order chi connectivity index (χ0) is 19.9. The molecule has 3 nitrogen and oxygen atoms in total. The lowest BCUT2D eigenvalue weighted by molar-refractivity contribution is -0.137. The third kappa shape index (κ3) is 4.52. The van der Waals surface area contributed by atoms with Gasteiger partial charge in [-0.15, -0.1) is 0 Å². The van der Waals surface area contributed by atoms with Gasteiger partial charge in [0, 0.05) is 17.7 Å². The third-order valence-electron chi connectivity index (χ3n) is 3.69. The number of benzene rings is 2. The maximum Gasteiger partial charge on any atom is 0.416 e.